The van der Waals surface area contributed by atoms with E-state index in [4.69, 9.17) is 5.11 Å². The molecule has 0 spiro atoms. The molecule has 1 heterocycles. The maximum atomic E-state index is 12.6. The van der Waals surface area contributed by atoms with E-state index in [0.717, 1.165) is 17.3 Å². The van der Waals surface area contributed by atoms with Crippen molar-refractivity contribution in [3.63, 3.8) is 0 Å². The molecule has 8 heteroatoms. The van der Waals surface area contributed by atoms with Gasteiger partial charge in [0.15, 0.2) is 5.17 Å². The number of rotatable bonds is 6. The second-order valence-electron chi connectivity index (χ2n) is 5.81. The van der Waals surface area contributed by atoms with Crippen LogP contribution >= 0.6 is 11.8 Å². The molecule has 28 heavy (non-hydrogen) atoms. The third-order valence-corrected chi connectivity index (χ3v) is 4.91. The highest BCUT2D eigenvalue weighted by Gasteiger charge is 2.40. The normalized spacial score (nSPS) is 18.6. The number of aromatic hydroxyl groups is 1. The maximum absolute atomic E-state index is 12.6. The Hall–Kier alpha value is -3.39. The minimum absolute atomic E-state index is 0.0627. The van der Waals surface area contributed by atoms with Crippen LogP contribution in [0.4, 0.5) is 5.69 Å². The van der Waals surface area contributed by atoms with Crippen LogP contribution in [0, 0.1) is 0 Å². The highest BCUT2D eigenvalue weighted by atomic mass is 32.2. The molecule has 1 saturated heterocycles. The molecule has 142 valence electrons. The quantitative estimate of drug-likeness (QED) is 0.577. The van der Waals surface area contributed by atoms with Crippen LogP contribution in [0.1, 0.15) is 12.0 Å². The Bertz CT molecular complexity index is 940. The van der Waals surface area contributed by atoms with Crippen molar-refractivity contribution in [1.82, 2.24) is 0 Å². The standard InChI is InChI=1S/C20H17N3O4S/c24-16-10-8-15(9-11-16)23-19(27)17(13-18(25)26)28-20(23)22-21-12-4-7-14-5-2-1-3-6-14/h1-12,17,24H,13H2,(H,25,26)/b7-4-,21-12-,22-20-. The van der Waals surface area contributed by atoms with E-state index in [1.807, 2.05) is 36.4 Å². The number of phenolic OH excluding ortho intramolecular Hbond substituents is 1. The number of carboxylic acid groups (broad SMARTS) is 1. The van der Waals surface area contributed by atoms with E-state index >= 15 is 0 Å². The summed E-state index contributed by atoms with van der Waals surface area (Å²) in [5, 5.41) is 26.0. The summed E-state index contributed by atoms with van der Waals surface area (Å²) in [6.45, 7) is 0. The number of allylic oxidation sites excluding steroid dienone is 1. The molecular weight excluding hydrogens is 378 g/mol. The fourth-order valence-electron chi connectivity index (χ4n) is 2.50. The Labute approximate surface area is 165 Å². The van der Waals surface area contributed by atoms with Gasteiger partial charge in [-0.1, -0.05) is 48.2 Å². The minimum Gasteiger partial charge on any atom is -0.508 e. The first kappa shape index (κ1) is 19.4. The molecule has 0 aliphatic carbocycles. The first-order valence-electron chi connectivity index (χ1n) is 8.39. The van der Waals surface area contributed by atoms with Gasteiger partial charge in [0.2, 0.25) is 5.91 Å². The number of hydrogen-bond donors (Lipinski definition) is 2. The number of hydrogen-bond acceptors (Lipinski definition) is 6. The van der Waals surface area contributed by atoms with Gasteiger partial charge >= 0.3 is 5.97 Å². The molecule has 1 amide bonds. The maximum Gasteiger partial charge on any atom is 0.305 e. The van der Waals surface area contributed by atoms with Crippen molar-refractivity contribution in [2.75, 3.05) is 4.90 Å². The molecule has 1 fully saturated rings. The van der Waals surface area contributed by atoms with Gasteiger partial charge in [0.1, 0.15) is 11.0 Å². The number of phenols is 1. The van der Waals surface area contributed by atoms with Gasteiger partial charge in [-0.2, -0.15) is 5.10 Å². The number of aliphatic carboxylic acids is 1. The third kappa shape index (κ3) is 4.86. The average Bonchev–Trinajstić information content (AvgIpc) is 2.98. The molecule has 0 aromatic heterocycles. The van der Waals surface area contributed by atoms with Crippen LogP contribution in [-0.2, 0) is 9.59 Å². The summed E-state index contributed by atoms with van der Waals surface area (Å²) < 4.78 is 0. The SMILES string of the molecule is O=C(O)CC1S\C(=N/N=C\C=C/c2ccccc2)N(c2ccc(O)cc2)C1=O. The van der Waals surface area contributed by atoms with Crippen molar-refractivity contribution >= 4 is 46.8 Å². The molecule has 0 saturated carbocycles. The highest BCUT2D eigenvalue weighted by Crippen LogP contribution is 2.34. The molecule has 2 aromatic rings. The van der Waals surface area contributed by atoms with Gasteiger partial charge in [0, 0.05) is 6.21 Å². The number of amides is 1. The van der Waals surface area contributed by atoms with Gasteiger partial charge in [0.25, 0.3) is 0 Å². The van der Waals surface area contributed by atoms with E-state index in [2.05, 4.69) is 10.2 Å². The molecule has 1 unspecified atom stereocenters. The lowest BCUT2D eigenvalue weighted by atomic mass is 10.2. The number of amidine groups is 1. The number of benzene rings is 2. The van der Waals surface area contributed by atoms with Crippen LogP contribution in [0.15, 0.2) is 70.9 Å². The molecule has 2 N–H and O–H groups in total. The largest absolute Gasteiger partial charge is 0.508 e. The Balaban J connectivity index is 1.80. The molecular formula is C20H17N3O4S. The minimum atomic E-state index is -1.06. The fraction of sp³-hybridized carbons (Fsp3) is 0.100. The zero-order valence-corrected chi connectivity index (χ0v) is 15.5. The lowest BCUT2D eigenvalue weighted by Gasteiger charge is -2.15. The number of anilines is 1. The molecule has 0 radical (unpaired) electrons. The summed E-state index contributed by atoms with van der Waals surface area (Å²) in [7, 11) is 0. The summed E-state index contributed by atoms with van der Waals surface area (Å²) in [5.74, 6) is -1.38. The summed E-state index contributed by atoms with van der Waals surface area (Å²) in [4.78, 5) is 25.0. The van der Waals surface area contributed by atoms with Gasteiger partial charge in [-0.3, -0.25) is 14.5 Å². The van der Waals surface area contributed by atoms with Crippen LogP contribution in [0.2, 0.25) is 0 Å². The van der Waals surface area contributed by atoms with Crippen molar-refractivity contribution in [2.24, 2.45) is 10.2 Å². The van der Waals surface area contributed by atoms with Crippen molar-refractivity contribution < 1.29 is 19.8 Å². The second kappa shape index (κ2) is 9.01. The van der Waals surface area contributed by atoms with Crippen LogP contribution < -0.4 is 4.90 Å². The number of carbonyl (C=O) groups is 2. The number of nitrogens with zero attached hydrogens (tertiary/aromatic N) is 3. The van der Waals surface area contributed by atoms with Crippen molar-refractivity contribution in [1.29, 1.82) is 0 Å². The molecule has 1 atom stereocenters. The van der Waals surface area contributed by atoms with Gasteiger partial charge in [-0.05, 0) is 35.9 Å². The molecule has 1 aliphatic heterocycles. The zero-order valence-electron chi connectivity index (χ0n) is 14.7. The first-order valence-corrected chi connectivity index (χ1v) is 9.27. The van der Waals surface area contributed by atoms with Gasteiger partial charge in [-0.15, -0.1) is 5.10 Å². The summed E-state index contributed by atoms with van der Waals surface area (Å²) in [5.41, 5.74) is 1.50. The number of carbonyl (C=O) groups excluding carboxylic acids is 1. The van der Waals surface area contributed by atoms with Crippen molar-refractivity contribution in [2.45, 2.75) is 11.7 Å². The van der Waals surface area contributed by atoms with E-state index in [1.54, 1.807) is 18.2 Å². The van der Waals surface area contributed by atoms with Gasteiger partial charge in [0.05, 0.1) is 12.1 Å². The van der Waals surface area contributed by atoms with E-state index in [9.17, 15) is 14.7 Å². The lowest BCUT2D eigenvalue weighted by Crippen LogP contribution is -2.32. The van der Waals surface area contributed by atoms with Crippen LogP contribution in [0.25, 0.3) is 6.08 Å². The van der Waals surface area contributed by atoms with E-state index in [-0.39, 0.29) is 23.2 Å². The predicted octanol–water partition coefficient (Wildman–Crippen LogP) is 3.37. The summed E-state index contributed by atoms with van der Waals surface area (Å²) in [6, 6.07) is 15.7. The number of thioether (sulfide) groups is 1. The molecule has 7 nitrogen and oxygen atoms in total. The highest BCUT2D eigenvalue weighted by molar-refractivity contribution is 8.16. The van der Waals surface area contributed by atoms with E-state index in [1.165, 1.54) is 23.2 Å². The van der Waals surface area contributed by atoms with Crippen molar-refractivity contribution in [3.05, 3.63) is 66.2 Å². The Morgan fingerprint density at radius 1 is 1.14 bits per heavy atom. The average molecular weight is 395 g/mol. The molecule has 1 aliphatic rings. The fourth-order valence-corrected chi connectivity index (χ4v) is 3.59. The molecule has 3 rings (SSSR count). The number of carboxylic acids is 1. The van der Waals surface area contributed by atoms with E-state index in [0.29, 0.717) is 5.69 Å². The predicted molar refractivity (Wildman–Crippen MR) is 111 cm³/mol. The van der Waals surface area contributed by atoms with Crippen LogP contribution in [-0.4, -0.2) is 38.7 Å². The third-order valence-electron chi connectivity index (χ3n) is 3.79. The second-order valence-corrected chi connectivity index (χ2v) is 6.98. The molecule has 2 aromatic carbocycles. The summed E-state index contributed by atoms with van der Waals surface area (Å²) >= 11 is 1.05. The summed E-state index contributed by atoms with van der Waals surface area (Å²) in [6.07, 6.45) is 4.77. The lowest BCUT2D eigenvalue weighted by molar-refractivity contribution is -0.138. The topological polar surface area (TPSA) is 103 Å². The van der Waals surface area contributed by atoms with E-state index < -0.39 is 11.2 Å². The zero-order chi connectivity index (χ0) is 19.9. The first-order chi connectivity index (χ1) is 13.5. The monoisotopic (exact) mass is 395 g/mol. The van der Waals surface area contributed by atoms with Crippen molar-refractivity contribution in [3.8, 4) is 5.75 Å². The Morgan fingerprint density at radius 2 is 1.86 bits per heavy atom. The van der Waals surface area contributed by atoms with Gasteiger partial charge in [-0.25, -0.2) is 0 Å². The Kier molecular flexibility index (Phi) is 6.23. The van der Waals surface area contributed by atoms with Crippen LogP contribution in [0.5, 0.6) is 5.75 Å². The smallest absolute Gasteiger partial charge is 0.305 e. The van der Waals surface area contributed by atoms with Crippen LogP contribution in [0.3, 0.4) is 0 Å². The van der Waals surface area contributed by atoms with Gasteiger partial charge < -0.3 is 10.2 Å². The molecule has 0 bridgehead atoms. The Morgan fingerprint density at radius 3 is 2.54 bits per heavy atom.